The molecule has 2 rings (SSSR count). The van der Waals surface area contributed by atoms with Crippen molar-refractivity contribution in [2.75, 3.05) is 19.0 Å². The predicted octanol–water partition coefficient (Wildman–Crippen LogP) is 3.46. The smallest absolute Gasteiger partial charge is 0.313 e. The Hall–Kier alpha value is -1.89. The molecule has 1 atom stereocenters. The normalized spacial score (nSPS) is 11.8. The third-order valence-corrected chi connectivity index (χ3v) is 5.03. The van der Waals surface area contributed by atoms with Gasteiger partial charge < -0.3 is 15.4 Å². The number of carbonyl (C=O) groups excluding carboxylic acids is 2. The lowest BCUT2D eigenvalue weighted by molar-refractivity contribution is -0.136. The van der Waals surface area contributed by atoms with Crippen molar-refractivity contribution in [3.05, 3.63) is 50.7 Å². The van der Waals surface area contributed by atoms with E-state index in [0.717, 1.165) is 16.0 Å². The number of thiophene rings is 1. The highest BCUT2D eigenvalue weighted by Crippen LogP contribution is 2.28. The number of hydrogen-bond donors (Lipinski definition) is 2. The van der Waals surface area contributed by atoms with Crippen LogP contribution in [0.5, 0.6) is 0 Å². The van der Waals surface area contributed by atoms with E-state index in [0.29, 0.717) is 10.0 Å². The monoisotopic (exact) mass is 366 g/mol. The van der Waals surface area contributed by atoms with E-state index in [4.69, 9.17) is 16.3 Å². The van der Waals surface area contributed by atoms with E-state index < -0.39 is 11.8 Å². The van der Waals surface area contributed by atoms with Crippen molar-refractivity contribution in [1.82, 2.24) is 5.32 Å². The minimum atomic E-state index is -0.708. The van der Waals surface area contributed by atoms with Crippen molar-refractivity contribution in [3.63, 3.8) is 0 Å². The summed E-state index contributed by atoms with van der Waals surface area (Å²) in [5.74, 6) is -1.41. The highest BCUT2D eigenvalue weighted by Gasteiger charge is 2.19. The molecule has 0 aliphatic rings. The lowest BCUT2D eigenvalue weighted by atomic mass is 10.1. The molecule has 1 aromatic carbocycles. The Labute approximate surface area is 150 Å². The van der Waals surface area contributed by atoms with Crippen LogP contribution in [-0.2, 0) is 14.3 Å². The average Bonchev–Trinajstić information content (AvgIpc) is 2.98. The molecule has 1 unspecified atom stereocenters. The summed E-state index contributed by atoms with van der Waals surface area (Å²) in [6.07, 6.45) is -0.347. The molecule has 1 heterocycles. The maximum Gasteiger partial charge on any atom is 0.313 e. The van der Waals surface area contributed by atoms with Crippen LogP contribution in [0.3, 0.4) is 0 Å². The Morgan fingerprint density at radius 2 is 1.96 bits per heavy atom. The van der Waals surface area contributed by atoms with Crippen LogP contribution in [0.2, 0.25) is 4.34 Å². The van der Waals surface area contributed by atoms with Gasteiger partial charge in [-0.25, -0.2) is 0 Å². The number of methoxy groups -OCH3 is 1. The molecule has 128 valence electrons. The molecule has 0 aliphatic carbocycles. The van der Waals surface area contributed by atoms with Gasteiger partial charge in [0.25, 0.3) is 0 Å². The number of rotatable bonds is 5. The van der Waals surface area contributed by atoms with Crippen LogP contribution in [0, 0.1) is 13.8 Å². The maximum atomic E-state index is 12.0. The first kappa shape index (κ1) is 18.4. The van der Waals surface area contributed by atoms with Gasteiger partial charge in [-0.2, -0.15) is 0 Å². The van der Waals surface area contributed by atoms with Gasteiger partial charge in [0.2, 0.25) is 0 Å². The van der Waals surface area contributed by atoms with E-state index in [2.05, 4.69) is 10.6 Å². The zero-order chi connectivity index (χ0) is 17.7. The molecule has 0 saturated heterocycles. The highest BCUT2D eigenvalue weighted by molar-refractivity contribution is 7.16. The Kier molecular flexibility index (Phi) is 6.36. The molecule has 0 saturated carbocycles. The van der Waals surface area contributed by atoms with E-state index >= 15 is 0 Å². The molecular weight excluding hydrogens is 348 g/mol. The number of aryl methyl sites for hydroxylation is 1. The van der Waals surface area contributed by atoms with Gasteiger partial charge in [0.1, 0.15) is 6.10 Å². The molecule has 0 bridgehead atoms. The second-order valence-corrected chi connectivity index (χ2v) is 7.02. The van der Waals surface area contributed by atoms with Crippen molar-refractivity contribution < 1.29 is 14.3 Å². The first-order chi connectivity index (χ1) is 11.4. The Bertz CT molecular complexity index is 745. The quantitative estimate of drug-likeness (QED) is 0.796. The van der Waals surface area contributed by atoms with Gasteiger partial charge in [-0.05, 0) is 43.2 Å². The van der Waals surface area contributed by atoms with E-state index in [1.54, 1.807) is 19.2 Å². The molecule has 2 aromatic rings. The molecule has 7 heteroatoms. The lowest BCUT2D eigenvalue weighted by Crippen LogP contribution is -2.38. The van der Waals surface area contributed by atoms with Gasteiger partial charge in [0.15, 0.2) is 0 Å². The predicted molar refractivity (Wildman–Crippen MR) is 96.6 cm³/mol. The molecule has 1 aromatic heterocycles. The van der Waals surface area contributed by atoms with Crippen LogP contribution in [0.1, 0.15) is 22.1 Å². The molecule has 0 spiro atoms. The Morgan fingerprint density at radius 3 is 2.58 bits per heavy atom. The fourth-order valence-corrected chi connectivity index (χ4v) is 3.27. The van der Waals surface area contributed by atoms with Crippen molar-refractivity contribution in [1.29, 1.82) is 0 Å². The molecule has 0 aliphatic heterocycles. The van der Waals surface area contributed by atoms with Gasteiger partial charge in [-0.15, -0.1) is 11.3 Å². The first-order valence-corrected chi connectivity index (χ1v) is 8.55. The number of halogens is 1. The summed E-state index contributed by atoms with van der Waals surface area (Å²) in [6.45, 7) is 4.02. The molecule has 5 nitrogen and oxygen atoms in total. The van der Waals surface area contributed by atoms with Crippen LogP contribution in [-0.4, -0.2) is 25.5 Å². The molecule has 0 fully saturated rings. The topological polar surface area (TPSA) is 67.4 Å². The number of hydrogen-bond acceptors (Lipinski definition) is 4. The summed E-state index contributed by atoms with van der Waals surface area (Å²) in [5.41, 5.74) is 2.60. The fraction of sp³-hybridized carbons (Fsp3) is 0.294. The average molecular weight is 367 g/mol. The van der Waals surface area contributed by atoms with Crippen molar-refractivity contribution >= 4 is 40.4 Å². The molecule has 2 amide bonds. The third kappa shape index (κ3) is 4.56. The lowest BCUT2D eigenvalue weighted by Gasteiger charge is -2.15. The second kappa shape index (κ2) is 8.28. The van der Waals surface area contributed by atoms with Gasteiger partial charge in [-0.1, -0.05) is 23.7 Å². The zero-order valence-corrected chi connectivity index (χ0v) is 15.3. The largest absolute Gasteiger partial charge is 0.374 e. The van der Waals surface area contributed by atoms with E-state index in [9.17, 15) is 9.59 Å². The Balaban J connectivity index is 1.94. The minimum absolute atomic E-state index is 0.187. The maximum absolute atomic E-state index is 12.0. The van der Waals surface area contributed by atoms with Crippen LogP contribution >= 0.6 is 22.9 Å². The highest BCUT2D eigenvalue weighted by atomic mass is 35.5. The van der Waals surface area contributed by atoms with Gasteiger partial charge >= 0.3 is 11.8 Å². The van der Waals surface area contributed by atoms with Crippen LogP contribution < -0.4 is 10.6 Å². The van der Waals surface area contributed by atoms with Crippen LogP contribution in [0.4, 0.5) is 5.69 Å². The number of nitrogens with one attached hydrogen (secondary N) is 2. The number of amides is 2. The number of carbonyl (C=O) groups is 2. The van der Waals surface area contributed by atoms with Gasteiger partial charge in [0, 0.05) is 24.2 Å². The zero-order valence-electron chi connectivity index (χ0n) is 13.7. The standard InChI is InChI=1S/C17H19ClN2O3S/c1-10-5-4-6-12(11(10)2)20-17(22)16(21)19-9-13(23-3)14-7-8-15(18)24-14/h4-8,13H,9H2,1-3H3,(H,19,21)(H,20,22). The number of ether oxygens (including phenoxy) is 1. The second-order valence-electron chi connectivity index (χ2n) is 5.28. The summed E-state index contributed by atoms with van der Waals surface area (Å²) in [7, 11) is 1.54. The fourth-order valence-electron chi connectivity index (χ4n) is 2.13. The van der Waals surface area contributed by atoms with Crippen LogP contribution in [0.15, 0.2) is 30.3 Å². The Morgan fingerprint density at radius 1 is 1.21 bits per heavy atom. The number of anilines is 1. The van der Waals surface area contributed by atoms with E-state index in [-0.39, 0.29) is 12.6 Å². The summed E-state index contributed by atoms with van der Waals surface area (Å²) < 4.78 is 5.98. The molecular formula is C17H19ClN2O3S. The van der Waals surface area contributed by atoms with E-state index in [1.807, 2.05) is 32.0 Å². The van der Waals surface area contributed by atoms with Crippen molar-refractivity contribution in [2.45, 2.75) is 20.0 Å². The minimum Gasteiger partial charge on any atom is -0.374 e. The summed E-state index contributed by atoms with van der Waals surface area (Å²) in [5, 5.41) is 5.21. The summed E-state index contributed by atoms with van der Waals surface area (Å²) in [6, 6.07) is 9.14. The number of benzene rings is 1. The molecule has 0 radical (unpaired) electrons. The summed E-state index contributed by atoms with van der Waals surface area (Å²) in [4.78, 5) is 24.9. The SMILES string of the molecule is COC(CNC(=O)C(=O)Nc1cccc(C)c1C)c1ccc(Cl)s1. The van der Waals surface area contributed by atoms with Gasteiger partial charge in [0.05, 0.1) is 4.34 Å². The summed E-state index contributed by atoms with van der Waals surface area (Å²) >= 11 is 7.28. The van der Waals surface area contributed by atoms with Crippen molar-refractivity contribution in [3.8, 4) is 0 Å². The molecule has 2 N–H and O–H groups in total. The third-order valence-electron chi connectivity index (χ3n) is 3.70. The first-order valence-electron chi connectivity index (χ1n) is 7.35. The molecule has 24 heavy (non-hydrogen) atoms. The van der Waals surface area contributed by atoms with E-state index in [1.165, 1.54) is 11.3 Å². The van der Waals surface area contributed by atoms with Crippen LogP contribution in [0.25, 0.3) is 0 Å². The van der Waals surface area contributed by atoms with Crippen molar-refractivity contribution in [2.24, 2.45) is 0 Å². The van der Waals surface area contributed by atoms with Gasteiger partial charge in [-0.3, -0.25) is 9.59 Å².